The molecule has 0 N–H and O–H groups in total. The predicted octanol–water partition coefficient (Wildman–Crippen LogP) is 4.71. The van der Waals surface area contributed by atoms with Gasteiger partial charge in [-0.2, -0.15) is 0 Å². The molecule has 178 valence electrons. The lowest BCUT2D eigenvalue weighted by molar-refractivity contribution is -0.120. The third-order valence-corrected chi connectivity index (χ3v) is 8.73. The first-order valence-electron chi connectivity index (χ1n) is 11.3. The summed E-state index contributed by atoms with van der Waals surface area (Å²) in [7, 11) is -2.19. The molecule has 0 unspecified atom stereocenters. The van der Waals surface area contributed by atoms with E-state index in [1.807, 2.05) is 58.0 Å². The van der Waals surface area contributed by atoms with Gasteiger partial charge in [-0.1, -0.05) is 24.3 Å². The largest absolute Gasteiger partial charge is 0.484 e. The maximum Gasteiger partial charge on any atom is 0.264 e. The van der Waals surface area contributed by atoms with E-state index in [-0.39, 0.29) is 12.5 Å². The van der Waals surface area contributed by atoms with E-state index < -0.39 is 10.0 Å². The summed E-state index contributed by atoms with van der Waals surface area (Å²) < 4.78 is 33.9. The second-order valence-corrected chi connectivity index (χ2v) is 10.7. The van der Waals surface area contributed by atoms with Crippen molar-refractivity contribution in [1.82, 2.24) is 0 Å². The van der Waals surface area contributed by atoms with Crippen molar-refractivity contribution >= 4 is 27.3 Å². The molecule has 0 saturated heterocycles. The van der Waals surface area contributed by atoms with Crippen molar-refractivity contribution in [3.05, 3.63) is 82.4 Å². The number of carbonyl (C=O) groups excluding carboxylic acids is 1. The highest BCUT2D eigenvalue weighted by atomic mass is 32.2. The fourth-order valence-electron chi connectivity index (χ4n) is 4.42. The Morgan fingerprint density at radius 3 is 2.24 bits per heavy atom. The van der Waals surface area contributed by atoms with Crippen molar-refractivity contribution in [2.75, 3.05) is 29.4 Å². The van der Waals surface area contributed by atoms with Gasteiger partial charge >= 0.3 is 0 Å². The summed E-state index contributed by atoms with van der Waals surface area (Å²) in [6.45, 7) is 8.11. The fourth-order valence-corrected chi connectivity index (χ4v) is 6.18. The molecule has 1 amide bonds. The van der Waals surface area contributed by atoms with Crippen LogP contribution in [0.25, 0.3) is 0 Å². The second kappa shape index (κ2) is 9.14. The van der Waals surface area contributed by atoms with Crippen LogP contribution in [0.5, 0.6) is 5.75 Å². The maximum absolute atomic E-state index is 13.5. The zero-order valence-corrected chi connectivity index (χ0v) is 21.1. The number of ether oxygens (including phenoxy) is 1. The smallest absolute Gasteiger partial charge is 0.264 e. The molecule has 0 saturated carbocycles. The Labute approximate surface area is 201 Å². The van der Waals surface area contributed by atoms with Gasteiger partial charge in [0.2, 0.25) is 0 Å². The van der Waals surface area contributed by atoms with Gasteiger partial charge in [0.1, 0.15) is 5.75 Å². The summed E-state index contributed by atoms with van der Waals surface area (Å²) in [5.41, 5.74) is 6.04. The Bertz CT molecular complexity index is 1320. The minimum Gasteiger partial charge on any atom is -0.484 e. The van der Waals surface area contributed by atoms with Crippen LogP contribution in [0, 0.1) is 27.7 Å². The molecule has 1 heterocycles. The van der Waals surface area contributed by atoms with E-state index in [1.54, 1.807) is 36.2 Å². The van der Waals surface area contributed by atoms with Crippen LogP contribution < -0.4 is 13.9 Å². The first-order chi connectivity index (χ1) is 16.1. The Morgan fingerprint density at radius 2 is 1.59 bits per heavy atom. The molecule has 0 spiro atoms. The number of amides is 1. The zero-order valence-electron chi connectivity index (χ0n) is 20.3. The van der Waals surface area contributed by atoms with Crippen LogP contribution >= 0.6 is 0 Å². The molecular weight excluding hydrogens is 448 g/mol. The molecule has 34 heavy (non-hydrogen) atoms. The molecule has 3 aromatic rings. The topological polar surface area (TPSA) is 66.9 Å². The van der Waals surface area contributed by atoms with Crippen LogP contribution in [0.4, 0.5) is 11.4 Å². The van der Waals surface area contributed by atoms with E-state index in [0.717, 1.165) is 34.4 Å². The lowest BCUT2D eigenvalue weighted by Gasteiger charge is -2.24. The highest BCUT2D eigenvalue weighted by molar-refractivity contribution is 7.93. The molecule has 0 fully saturated rings. The number of rotatable bonds is 6. The van der Waals surface area contributed by atoms with E-state index in [4.69, 9.17) is 4.74 Å². The van der Waals surface area contributed by atoms with Crippen LogP contribution in [0.2, 0.25) is 0 Å². The van der Waals surface area contributed by atoms with Crippen LogP contribution in [0.15, 0.2) is 59.5 Å². The highest BCUT2D eigenvalue weighted by Crippen LogP contribution is 2.31. The Kier molecular flexibility index (Phi) is 6.41. The summed E-state index contributed by atoms with van der Waals surface area (Å²) >= 11 is 0. The van der Waals surface area contributed by atoms with Crippen molar-refractivity contribution in [3.8, 4) is 5.75 Å². The average Bonchev–Trinajstić information content (AvgIpc) is 3.25. The Morgan fingerprint density at radius 1 is 0.971 bits per heavy atom. The number of benzene rings is 3. The van der Waals surface area contributed by atoms with Gasteiger partial charge in [-0.3, -0.25) is 9.10 Å². The summed E-state index contributed by atoms with van der Waals surface area (Å²) in [6, 6.07) is 16.7. The molecule has 7 heteroatoms. The molecular formula is C27H30N2O4S. The number of nitrogens with zero attached hydrogens (tertiary/aromatic N) is 2. The van der Waals surface area contributed by atoms with Crippen molar-refractivity contribution in [3.63, 3.8) is 0 Å². The highest BCUT2D eigenvalue weighted by Gasteiger charge is 2.27. The molecule has 0 aromatic heterocycles. The third kappa shape index (κ3) is 4.28. The average molecular weight is 479 g/mol. The van der Waals surface area contributed by atoms with E-state index in [2.05, 4.69) is 0 Å². The number of hydrogen-bond acceptors (Lipinski definition) is 4. The summed E-state index contributed by atoms with van der Waals surface area (Å²) in [5, 5.41) is 0. The van der Waals surface area contributed by atoms with Gasteiger partial charge in [0, 0.05) is 19.3 Å². The standard InChI is InChI=1S/C27H30N2O4S/c1-18-16-19(2)21(4)27(20(18)3)34(31,32)28(5)23-10-12-24(13-11-23)33-17-26(30)29-15-14-22-8-6-7-9-25(22)29/h6-13,16H,14-15,17H2,1-5H3. The Hall–Kier alpha value is -3.32. The van der Waals surface area contributed by atoms with Crippen LogP contribution in [0.3, 0.4) is 0 Å². The molecule has 0 radical (unpaired) electrons. The van der Waals surface area contributed by atoms with Crippen molar-refractivity contribution in [2.45, 2.75) is 39.0 Å². The van der Waals surface area contributed by atoms with E-state index in [0.29, 0.717) is 22.9 Å². The van der Waals surface area contributed by atoms with E-state index in [1.165, 1.54) is 9.87 Å². The van der Waals surface area contributed by atoms with Crippen LogP contribution in [0.1, 0.15) is 27.8 Å². The van der Waals surface area contributed by atoms with Gasteiger partial charge < -0.3 is 9.64 Å². The number of hydrogen-bond donors (Lipinski definition) is 0. The van der Waals surface area contributed by atoms with Crippen LogP contribution in [-0.4, -0.2) is 34.5 Å². The number of aryl methyl sites for hydroxylation is 2. The summed E-state index contributed by atoms with van der Waals surface area (Å²) in [6.07, 6.45) is 0.844. The quantitative estimate of drug-likeness (QED) is 0.515. The van der Waals surface area contributed by atoms with Crippen molar-refractivity contribution in [2.24, 2.45) is 0 Å². The normalized spacial score (nSPS) is 13.0. The molecule has 4 rings (SSSR count). The molecule has 0 aliphatic carbocycles. The number of carbonyl (C=O) groups is 1. The molecule has 6 nitrogen and oxygen atoms in total. The number of anilines is 2. The number of sulfonamides is 1. The van der Waals surface area contributed by atoms with E-state index >= 15 is 0 Å². The lowest BCUT2D eigenvalue weighted by Crippen LogP contribution is -2.33. The molecule has 0 atom stereocenters. The summed E-state index contributed by atoms with van der Waals surface area (Å²) in [5.74, 6) is 0.406. The zero-order chi connectivity index (χ0) is 24.6. The predicted molar refractivity (Wildman–Crippen MR) is 135 cm³/mol. The minimum absolute atomic E-state index is 0.0806. The van der Waals surface area contributed by atoms with Gasteiger partial charge in [0.25, 0.3) is 15.9 Å². The van der Waals surface area contributed by atoms with Gasteiger partial charge in [-0.05, 0) is 92.3 Å². The maximum atomic E-state index is 13.5. The molecule has 1 aliphatic heterocycles. The van der Waals surface area contributed by atoms with Crippen molar-refractivity contribution in [1.29, 1.82) is 0 Å². The number of para-hydroxylation sites is 1. The minimum atomic E-state index is -3.74. The fraction of sp³-hybridized carbons (Fsp3) is 0.296. The number of fused-ring (bicyclic) bond motifs is 1. The van der Waals surface area contributed by atoms with Gasteiger partial charge in [-0.15, -0.1) is 0 Å². The lowest BCUT2D eigenvalue weighted by atomic mass is 10.0. The first-order valence-corrected chi connectivity index (χ1v) is 12.7. The molecule has 1 aliphatic rings. The van der Waals surface area contributed by atoms with Gasteiger partial charge in [0.05, 0.1) is 10.6 Å². The first kappa shape index (κ1) is 23.8. The summed E-state index contributed by atoms with van der Waals surface area (Å²) in [4.78, 5) is 14.8. The van der Waals surface area contributed by atoms with E-state index in [9.17, 15) is 13.2 Å². The van der Waals surface area contributed by atoms with Gasteiger partial charge in [-0.25, -0.2) is 8.42 Å². The van der Waals surface area contributed by atoms with Crippen LogP contribution in [-0.2, 0) is 21.2 Å². The molecule has 0 bridgehead atoms. The third-order valence-electron chi connectivity index (χ3n) is 6.67. The van der Waals surface area contributed by atoms with Crippen molar-refractivity contribution < 1.29 is 17.9 Å². The van der Waals surface area contributed by atoms with Gasteiger partial charge in [0.15, 0.2) is 6.61 Å². The SMILES string of the molecule is Cc1cc(C)c(C)c(S(=O)(=O)N(C)c2ccc(OCC(=O)N3CCc4ccccc43)cc2)c1C. The molecule has 3 aromatic carbocycles. The second-order valence-electron chi connectivity index (χ2n) is 8.77. The Balaban J connectivity index is 1.47. The monoisotopic (exact) mass is 478 g/mol.